The van der Waals surface area contributed by atoms with Crippen LogP contribution in [-0.4, -0.2) is 16.4 Å². The second-order valence-corrected chi connectivity index (χ2v) is 7.84. The van der Waals surface area contributed by atoms with Crippen LogP contribution in [0.15, 0.2) is 84.9 Å². The molecule has 1 aliphatic carbocycles. The molecule has 2 aliphatic rings. The van der Waals surface area contributed by atoms with Crippen LogP contribution in [0.2, 0.25) is 0 Å². The summed E-state index contributed by atoms with van der Waals surface area (Å²) < 4.78 is 47.6. The van der Waals surface area contributed by atoms with E-state index in [0.717, 1.165) is 36.4 Å². The molecule has 2 heterocycles. The third kappa shape index (κ3) is 4.34. The van der Waals surface area contributed by atoms with E-state index >= 15 is 0 Å². The van der Waals surface area contributed by atoms with Gasteiger partial charge in [0.25, 0.3) is 0 Å². The van der Waals surface area contributed by atoms with E-state index in [9.17, 15) is 13.2 Å². The largest absolute Gasteiger partial charge is 0.492 e. The summed E-state index contributed by atoms with van der Waals surface area (Å²) in [6.07, 6.45) is 3.06. The lowest BCUT2D eigenvalue weighted by atomic mass is 10.2. The molecule has 0 unspecified atom stereocenters. The number of hydrazine groups is 1. The lowest BCUT2D eigenvalue weighted by molar-refractivity contribution is -0.137. The molecular weight excluding hydrogens is 417 g/mol. The number of hydrogen-bond donors (Lipinski definition) is 1. The van der Waals surface area contributed by atoms with Gasteiger partial charge in [0.1, 0.15) is 5.76 Å². The summed E-state index contributed by atoms with van der Waals surface area (Å²) in [5.41, 5.74) is 5.14. The topological polar surface area (TPSA) is 42.3 Å². The van der Waals surface area contributed by atoms with Crippen molar-refractivity contribution >= 4 is 11.4 Å². The fourth-order valence-corrected chi connectivity index (χ4v) is 3.46. The molecule has 1 saturated carbocycles. The molecule has 1 aliphatic heterocycles. The number of alkyl halides is 3. The van der Waals surface area contributed by atoms with Crippen LogP contribution < -0.4 is 10.4 Å². The van der Waals surface area contributed by atoms with Gasteiger partial charge in [0.15, 0.2) is 0 Å². The Hall–Kier alpha value is -3.68. The number of aromatic nitrogens is 2. The number of allylic oxidation sites excluding steroid dienone is 1. The van der Waals surface area contributed by atoms with Crippen LogP contribution in [0, 0.1) is 5.92 Å². The molecule has 8 heteroatoms. The van der Waals surface area contributed by atoms with Gasteiger partial charge < -0.3 is 4.74 Å². The summed E-state index contributed by atoms with van der Waals surface area (Å²) in [6.45, 7) is 0.587. The van der Waals surface area contributed by atoms with Crippen LogP contribution >= 0.6 is 0 Å². The predicted octanol–water partition coefficient (Wildman–Crippen LogP) is 5.52. The van der Waals surface area contributed by atoms with E-state index in [2.05, 4.69) is 10.5 Å². The highest BCUT2D eigenvalue weighted by atomic mass is 19.4. The molecule has 2 aromatic carbocycles. The Balaban J connectivity index is 1.50. The van der Waals surface area contributed by atoms with Crippen molar-refractivity contribution in [3.63, 3.8) is 0 Å². The molecule has 0 amide bonds. The first-order chi connectivity index (χ1) is 15.5. The summed E-state index contributed by atoms with van der Waals surface area (Å²) >= 11 is 0. The van der Waals surface area contributed by atoms with Crippen molar-refractivity contribution in [1.29, 1.82) is 0 Å². The van der Waals surface area contributed by atoms with Crippen molar-refractivity contribution in [2.24, 2.45) is 5.92 Å². The number of hydrogen-bond acceptors (Lipinski definition) is 4. The minimum atomic E-state index is -4.43. The standard InChI is InChI=1S/C24H21F3N4O/c25-24(26,27)18-5-4-8-20(13-18)30-15-21(32-16-17-9-10-17)14-22(29-30)23-11-12-28-31(23)19-6-2-1-3-7-19/h1-8,11-15,17,29H,9-10,16H2. The van der Waals surface area contributed by atoms with Gasteiger partial charge in [-0.1, -0.05) is 24.3 Å². The van der Waals surface area contributed by atoms with Crippen molar-refractivity contribution in [3.05, 3.63) is 96.2 Å². The van der Waals surface area contributed by atoms with Crippen molar-refractivity contribution in [3.8, 4) is 5.69 Å². The summed E-state index contributed by atoms with van der Waals surface area (Å²) in [5, 5.41) is 5.97. The molecule has 0 atom stereocenters. The second-order valence-electron chi connectivity index (χ2n) is 7.84. The summed E-state index contributed by atoms with van der Waals surface area (Å²) in [7, 11) is 0. The molecule has 164 valence electrons. The van der Waals surface area contributed by atoms with E-state index in [4.69, 9.17) is 4.74 Å². The molecule has 0 saturated heterocycles. The minimum absolute atomic E-state index is 0.351. The Bertz CT molecular complexity index is 1160. The molecule has 0 bridgehead atoms. The number of halogens is 3. The number of ether oxygens (including phenoxy) is 1. The molecule has 0 spiro atoms. The summed E-state index contributed by atoms with van der Waals surface area (Å²) in [5.74, 6) is 1.11. The number of rotatable bonds is 6. The predicted molar refractivity (Wildman–Crippen MR) is 115 cm³/mol. The maximum absolute atomic E-state index is 13.3. The minimum Gasteiger partial charge on any atom is -0.492 e. The highest BCUT2D eigenvalue weighted by molar-refractivity contribution is 5.70. The van der Waals surface area contributed by atoms with Gasteiger partial charge in [0.05, 0.1) is 47.3 Å². The average molecular weight is 438 g/mol. The molecule has 1 aromatic heterocycles. The van der Waals surface area contributed by atoms with E-state index in [1.54, 1.807) is 28.2 Å². The van der Waals surface area contributed by atoms with Gasteiger partial charge in [-0.25, -0.2) is 4.68 Å². The van der Waals surface area contributed by atoms with Crippen molar-refractivity contribution < 1.29 is 17.9 Å². The van der Waals surface area contributed by atoms with E-state index < -0.39 is 11.7 Å². The van der Waals surface area contributed by atoms with Crippen molar-refractivity contribution in [1.82, 2.24) is 15.2 Å². The van der Waals surface area contributed by atoms with Crippen molar-refractivity contribution in [2.75, 3.05) is 11.6 Å². The summed E-state index contributed by atoms with van der Waals surface area (Å²) in [6, 6.07) is 16.7. The normalized spacial score (nSPS) is 16.3. The molecule has 1 fully saturated rings. The van der Waals surface area contributed by atoms with Crippen molar-refractivity contribution in [2.45, 2.75) is 19.0 Å². The molecular formula is C24H21F3N4O. The fraction of sp³-hybridized carbons (Fsp3) is 0.208. The van der Waals surface area contributed by atoms with Crippen LogP contribution in [0.25, 0.3) is 11.4 Å². The van der Waals surface area contributed by atoms with Crippen LogP contribution in [-0.2, 0) is 10.9 Å². The maximum Gasteiger partial charge on any atom is 0.416 e. The average Bonchev–Trinajstić information content (AvgIpc) is 3.51. The summed E-state index contributed by atoms with van der Waals surface area (Å²) in [4.78, 5) is 0. The van der Waals surface area contributed by atoms with Crippen LogP contribution in [0.5, 0.6) is 0 Å². The van der Waals surface area contributed by atoms with E-state index in [1.807, 2.05) is 42.5 Å². The Morgan fingerprint density at radius 3 is 2.53 bits per heavy atom. The first kappa shape index (κ1) is 20.2. The molecule has 3 aromatic rings. The highest BCUT2D eigenvalue weighted by Gasteiger charge is 2.31. The third-order valence-corrected chi connectivity index (χ3v) is 5.34. The monoisotopic (exact) mass is 438 g/mol. The van der Waals surface area contributed by atoms with E-state index in [1.165, 1.54) is 6.07 Å². The number of anilines is 1. The van der Waals surface area contributed by atoms with Crippen LogP contribution in [0.1, 0.15) is 24.1 Å². The maximum atomic E-state index is 13.3. The molecule has 1 N–H and O–H groups in total. The van der Waals surface area contributed by atoms with Gasteiger partial charge in [-0.15, -0.1) is 0 Å². The smallest absolute Gasteiger partial charge is 0.416 e. The zero-order valence-electron chi connectivity index (χ0n) is 17.1. The number of nitrogens with one attached hydrogen (secondary N) is 1. The van der Waals surface area contributed by atoms with E-state index in [-0.39, 0.29) is 0 Å². The van der Waals surface area contributed by atoms with Gasteiger partial charge in [-0.2, -0.15) is 18.3 Å². The first-order valence-corrected chi connectivity index (χ1v) is 10.4. The van der Waals surface area contributed by atoms with Gasteiger partial charge in [0.2, 0.25) is 0 Å². The number of nitrogens with zero attached hydrogens (tertiary/aromatic N) is 3. The Morgan fingerprint density at radius 2 is 1.78 bits per heavy atom. The Morgan fingerprint density at radius 1 is 1.00 bits per heavy atom. The quantitative estimate of drug-likeness (QED) is 0.550. The lowest BCUT2D eigenvalue weighted by Crippen LogP contribution is -2.36. The highest BCUT2D eigenvalue weighted by Crippen LogP contribution is 2.34. The first-order valence-electron chi connectivity index (χ1n) is 10.4. The van der Waals surface area contributed by atoms with Crippen LogP contribution in [0.3, 0.4) is 0 Å². The number of para-hydroxylation sites is 1. The lowest BCUT2D eigenvalue weighted by Gasteiger charge is -2.29. The van der Waals surface area contributed by atoms with Crippen LogP contribution in [0.4, 0.5) is 18.9 Å². The SMILES string of the molecule is FC(F)(F)c1cccc(N2C=C(OCC3CC3)C=C(c3ccnn3-c3ccccc3)N2)c1. The Labute approximate surface area is 183 Å². The fourth-order valence-electron chi connectivity index (χ4n) is 3.46. The van der Waals surface area contributed by atoms with Gasteiger partial charge in [-0.3, -0.25) is 10.4 Å². The van der Waals surface area contributed by atoms with Gasteiger partial charge in [0, 0.05) is 6.08 Å². The Kier molecular flexibility index (Phi) is 5.13. The van der Waals surface area contributed by atoms with Gasteiger partial charge >= 0.3 is 6.18 Å². The van der Waals surface area contributed by atoms with E-state index in [0.29, 0.717) is 29.7 Å². The molecule has 5 nitrogen and oxygen atoms in total. The van der Waals surface area contributed by atoms with Gasteiger partial charge in [-0.05, 0) is 55.2 Å². The number of benzene rings is 2. The molecule has 32 heavy (non-hydrogen) atoms. The third-order valence-electron chi connectivity index (χ3n) is 5.34. The zero-order chi connectivity index (χ0) is 22.1. The molecule has 5 rings (SSSR count). The second kappa shape index (κ2) is 8.11. The zero-order valence-corrected chi connectivity index (χ0v) is 17.1. The molecule has 0 radical (unpaired) electrons.